The van der Waals surface area contributed by atoms with Gasteiger partial charge >= 0.3 is 95.9 Å². The van der Waals surface area contributed by atoms with Crippen molar-refractivity contribution < 1.29 is 155 Å². The maximum atomic E-state index is 13.3. The molecule has 0 aromatic heterocycles. The molecule has 6 rings (SSSR count). The van der Waals surface area contributed by atoms with Crippen molar-refractivity contribution in [2.45, 2.75) is 161 Å². The zero-order valence-corrected chi connectivity index (χ0v) is 51.0. The third-order valence-corrected chi connectivity index (χ3v) is 12.1. The molecule has 0 aromatic rings. The van der Waals surface area contributed by atoms with E-state index in [9.17, 15) is 97.5 Å². The molecular weight excluding hydrogens is 1250 g/mol. The lowest BCUT2D eigenvalue weighted by Gasteiger charge is -2.28. The van der Waals surface area contributed by atoms with Crippen molar-refractivity contribution in [1.29, 1.82) is 0 Å². The Kier molecular flexibility index (Phi) is 32.5. The number of cyclic esters (lactones) is 5. The van der Waals surface area contributed by atoms with E-state index in [1.807, 2.05) is 0 Å². The van der Waals surface area contributed by atoms with Crippen LogP contribution in [0, 0.1) is 17.8 Å². The number of esters is 13. The van der Waals surface area contributed by atoms with E-state index in [2.05, 4.69) is 72.6 Å². The zero-order chi connectivity index (χ0) is 71.0. The number of carbonyl (C=O) groups is 13. The number of hydrogen-bond acceptors (Lipinski definition) is 25. The summed E-state index contributed by atoms with van der Waals surface area (Å²) < 4.78 is 149. The minimum Gasteiger partial charge on any atom is -0.464 e. The van der Waals surface area contributed by atoms with Gasteiger partial charge in [0.15, 0.2) is 24.4 Å². The lowest BCUT2D eigenvalue weighted by atomic mass is 9.88. The van der Waals surface area contributed by atoms with Crippen LogP contribution in [-0.4, -0.2) is 164 Å². The van der Waals surface area contributed by atoms with Gasteiger partial charge in [-0.15, -0.1) is 0 Å². The molecule has 0 amide bonds. The summed E-state index contributed by atoms with van der Waals surface area (Å²) in [5.41, 5.74) is -2.08. The molecule has 0 spiro atoms. The summed E-state index contributed by atoms with van der Waals surface area (Å²) in [6.45, 7) is 30.8. The maximum absolute atomic E-state index is 13.3. The summed E-state index contributed by atoms with van der Waals surface area (Å²) in [6.07, 6.45) is -12.3. The van der Waals surface area contributed by atoms with Crippen molar-refractivity contribution in [3.05, 3.63) is 85.1 Å². The third-order valence-electron chi connectivity index (χ3n) is 12.1. The van der Waals surface area contributed by atoms with Gasteiger partial charge in [0, 0.05) is 70.3 Å². The van der Waals surface area contributed by atoms with Crippen molar-refractivity contribution in [2.75, 3.05) is 20.3 Å². The van der Waals surface area contributed by atoms with Crippen molar-refractivity contribution in [2.24, 2.45) is 17.8 Å². The van der Waals surface area contributed by atoms with E-state index in [0.717, 1.165) is 39.0 Å². The number of hydrogen-bond donors (Lipinski definition) is 1. The lowest BCUT2D eigenvalue weighted by Crippen LogP contribution is -2.45. The van der Waals surface area contributed by atoms with Crippen LogP contribution in [0.25, 0.3) is 0 Å². The van der Waals surface area contributed by atoms with Gasteiger partial charge in [-0.25, -0.2) is 52.7 Å². The van der Waals surface area contributed by atoms with E-state index in [0.29, 0.717) is 20.0 Å². The van der Waals surface area contributed by atoms with Crippen molar-refractivity contribution in [3.63, 3.8) is 0 Å². The first kappa shape index (κ1) is 82.1. The fourth-order valence-corrected chi connectivity index (χ4v) is 7.31. The molecule has 1 N–H and O–H groups in total. The first-order valence-corrected chi connectivity index (χ1v) is 26.6. The van der Waals surface area contributed by atoms with E-state index in [1.54, 1.807) is 0 Å². The standard InChI is InChI=1S/C14H16O6.C10H15F3O3.C10H14F2O4.C8H10O4.C7H9F3O2.C5H4O3.C4H2O3/c1-6(2)13(16)18-5-10(15)19-11-7-3-8-9(4-7)14(17)20-12(8)11;1-6(2)8(14)16-7(3)5-9(4,15)10(11,12)13;1-5-7(16-8(13)6(2)3)10(11,12)9(14)15-4;1-5(2)7(9)12-6-3-4-11-8(6)10;1-4(2)6(11)12-5(3)7(8,9)10;1-3-2-4(6)8-5(3)7;5-3-1-2-4(6)7-3/h7-9,11-12H,1,3-5H2,2H3;7,15H,1,5H2,2-4H3;7H,2,5H2,1,3-4H3;6H,1,3-4H2,2H3;5H,1H2,2-3H3;1-2H2;1-2H. The van der Waals surface area contributed by atoms with Crippen LogP contribution in [0.5, 0.6) is 0 Å². The van der Waals surface area contributed by atoms with E-state index >= 15 is 0 Å². The number of aliphatic hydroxyl groups is 1. The molecule has 91 heavy (non-hydrogen) atoms. The zero-order valence-electron chi connectivity index (χ0n) is 51.0. The highest BCUT2D eigenvalue weighted by atomic mass is 19.4. The van der Waals surface area contributed by atoms with E-state index in [-0.39, 0.29) is 76.1 Å². The van der Waals surface area contributed by atoms with Gasteiger partial charge in [0.2, 0.25) is 6.10 Å². The van der Waals surface area contributed by atoms with Gasteiger partial charge in [-0.1, -0.05) is 46.4 Å². The van der Waals surface area contributed by atoms with Gasteiger partial charge in [0.25, 0.3) is 0 Å². The highest BCUT2D eigenvalue weighted by Crippen LogP contribution is 2.55. The third kappa shape index (κ3) is 27.8. The molecule has 10 unspecified atom stereocenters. The minimum absolute atomic E-state index is 0.0128. The number of ether oxygens (including phenoxy) is 11. The molecule has 25 nitrogen and oxygen atoms in total. The number of fused-ring (bicyclic) bond motifs is 1. The Morgan fingerprint density at radius 2 is 1.19 bits per heavy atom. The molecule has 6 aliphatic rings. The molecule has 2 aliphatic carbocycles. The molecular formula is C58H70F8O25. The Bertz CT molecular complexity index is 2830. The summed E-state index contributed by atoms with van der Waals surface area (Å²) in [4.78, 5) is 140. The van der Waals surface area contributed by atoms with Crippen molar-refractivity contribution >= 4 is 77.6 Å². The summed E-state index contributed by atoms with van der Waals surface area (Å²) >= 11 is 0. The second kappa shape index (κ2) is 36.1. The lowest BCUT2D eigenvalue weighted by molar-refractivity contribution is -0.261. The quantitative estimate of drug-likeness (QED) is 0.0526. The van der Waals surface area contributed by atoms with Crippen LogP contribution in [-0.2, 0) is 114 Å². The fraction of sp³-hybridized carbons (Fsp3) is 0.534. The Labute approximate surface area is 515 Å². The van der Waals surface area contributed by atoms with Crippen LogP contribution in [0.1, 0.15) is 101 Å². The monoisotopic (exact) mass is 1320 g/mol. The number of halogens is 8. The molecule has 4 heterocycles. The van der Waals surface area contributed by atoms with Gasteiger partial charge < -0.3 is 57.2 Å². The SMILES string of the molecule is C=C(C)C(=O)OC(C)C(F)(F)F.C=C(C)C(=O)OC(C)CC(C)(O)C(F)(F)F.C=C(C)C(=O)OC(CC)C(F)(F)C(=O)OC.C=C(C)C(=O)OC1CCOC1=O.C=C(C)C(=O)OCC(=O)OC1C2CC3C(=O)OC1C3C2.C=C1CC(=O)OC1=O.O=C1C=CC(=O)O1. The van der Waals surface area contributed by atoms with E-state index < -0.39 is 139 Å². The van der Waals surface area contributed by atoms with Crippen LogP contribution < -0.4 is 0 Å². The molecule has 0 radical (unpaired) electrons. The topological polar surface area (TPSA) is 344 Å². The molecule has 33 heteroatoms. The summed E-state index contributed by atoms with van der Waals surface area (Å²) in [5, 5.41) is 9.13. The molecule has 508 valence electrons. The van der Waals surface area contributed by atoms with E-state index in [1.165, 1.54) is 48.5 Å². The number of carbonyl (C=O) groups excluding carboxylic acids is 13. The predicted molar refractivity (Wildman–Crippen MR) is 291 cm³/mol. The normalized spacial score (nSPS) is 21.1. The highest BCUT2D eigenvalue weighted by Gasteiger charge is 2.63. The second-order valence-electron chi connectivity index (χ2n) is 20.5. The fourth-order valence-electron chi connectivity index (χ4n) is 7.31. The summed E-state index contributed by atoms with van der Waals surface area (Å²) in [5.74, 6) is -12.7. The molecule has 0 aromatic carbocycles. The van der Waals surface area contributed by atoms with Gasteiger partial charge in [-0.2, -0.15) is 35.1 Å². The smallest absolute Gasteiger partial charge is 0.425 e. The predicted octanol–water partition coefficient (Wildman–Crippen LogP) is 6.61. The minimum atomic E-state index is -4.75. The highest BCUT2D eigenvalue weighted by molar-refractivity contribution is 6.05. The molecule has 10 atom stereocenters. The Hall–Kier alpha value is -8.91. The Balaban J connectivity index is 0.00000106. The number of rotatable bonds is 17. The average Bonchev–Trinajstić information content (AvgIpc) is 1.58. The molecule has 3 saturated heterocycles. The van der Waals surface area contributed by atoms with Gasteiger partial charge in [-0.3, -0.25) is 9.59 Å². The van der Waals surface area contributed by atoms with Crippen LogP contribution in [0.15, 0.2) is 85.1 Å². The van der Waals surface area contributed by atoms with Gasteiger partial charge in [0.1, 0.15) is 18.3 Å². The number of alkyl halides is 8. The van der Waals surface area contributed by atoms with Crippen molar-refractivity contribution in [1.82, 2.24) is 0 Å². The Morgan fingerprint density at radius 1 is 0.692 bits per heavy atom. The molecule has 2 bridgehead atoms. The second-order valence-corrected chi connectivity index (χ2v) is 20.5. The van der Waals surface area contributed by atoms with E-state index in [4.69, 9.17) is 24.1 Å². The first-order valence-electron chi connectivity index (χ1n) is 26.6. The van der Waals surface area contributed by atoms with Gasteiger partial charge in [0.05, 0.1) is 26.1 Å². The van der Waals surface area contributed by atoms with Crippen LogP contribution >= 0.6 is 0 Å². The number of methoxy groups -OCH3 is 1. The summed E-state index contributed by atoms with van der Waals surface area (Å²) in [7, 11) is 0.837. The van der Waals surface area contributed by atoms with Crippen LogP contribution in [0.4, 0.5) is 35.1 Å². The molecule has 4 aliphatic heterocycles. The Morgan fingerprint density at radius 3 is 1.56 bits per heavy atom. The largest absolute Gasteiger partial charge is 0.464 e. The average molecular weight is 1320 g/mol. The molecule has 2 saturated carbocycles. The van der Waals surface area contributed by atoms with Crippen molar-refractivity contribution in [3.8, 4) is 0 Å². The van der Waals surface area contributed by atoms with Crippen LogP contribution in [0.3, 0.4) is 0 Å². The summed E-state index contributed by atoms with van der Waals surface area (Å²) in [6, 6.07) is 0. The van der Waals surface area contributed by atoms with Gasteiger partial charge in [-0.05, 0) is 74.7 Å². The molecule has 5 fully saturated rings. The van der Waals surface area contributed by atoms with Crippen LogP contribution in [0.2, 0.25) is 0 Å². The first-order chi connectivity index (χ1) is 41.6. The maximum Gasteiger partial charge on any atom is 0.425 e.